The fraction of sp³-hybridized carbons (Fsp3) is 0.588. The Labute approximate surface area is 121 Å². The van der Waals surface area contributed by atoms with E-state index in [-0.39, 0.29) is 0 Å². The number of nitrogens with one attached hydrogen (secondary N) is 1. The normalized spacial score (nSPS) is 22.4. The van der Waals surface area contributed by atoms with Crippen LogP contribution >= 0.6 is 0 Å². The highest BCUT2D eigenvalue weighted by atomic mass is 16.5. The van der Waals surface area contributed by atoms with Crippen molar-refractivity contribution in [2.75, 3.05) is 26.2 Å². The third-order valence-corrected chi connectivity index (χ3v) is 4.09. The largest absolute Gasteiger partial charge is 0.493 e. The Morgan fingerprint density at radius 1 is 1.35 bits per heavy atom. The van der Waals surface area contributed by atoms with Crippen LogP contribution in [-0.2, 0) is 0 Å². The average molecular weight is 276 g/mol. The fourth-order valence-electron chi connectivity index (χ4n) is 2.99. The Morgan fingerprint density at radius 2 is 2.20 bits per heavy atom. The van der Waals surface area contributed by atoms with E-state index in [1.807, 2.05) is 18.2 Å². The molecule has 20 heavy (non-hydrogen) atoms. The zero-order chi connectivity index (χ0) is 14.2. The first kappa shape index (κ1) is 15.0. The van der Waals surface area contributed by atoms with Crippen LogP contribution in [0, 0.1) is 5.92 Å². The molecule has 0 saturated carbocycles. The molecule has 0 spiro atoms. The molecule has 1 aliphatic rings. The highest BCUT2D eigenvalue weighted by molar-refractivity contribution is 5.79. The first-order chi connectivity index (χ1) is 9.79. The lowest BCUT2D eigenvalue weighted by Gasteiger charge is -2.27. The molecule has 0 aliphatic carbocycles. The van der Waals surface area contributed by atoms with Gasteiger partial charge in [-0.3, -0.25) is 4.79 Å². The van der Waals surface area contributed by atoms with E-state index >= 15 is 0 Å². The molecule has 0 bridgehead atoms. The maximum atomic E-state index is 10.9. The molecule has 1 heterocycles. The van der Waals surface area contributed by atoms with Gasteiger partial charge in [-0.2, -0.15) is 0 Å². The van der Waals surface area contributed by atoms with Crippen molar-refractivity contribution in [1.82, 2.24) is 0 Å². The Balaban J connectivity index is 1.63. The number of hydrogen-bond acceptors (Lipinski definition) is 2. The van der Waals surface area contributed by atoms with Gasteiger partial charge in [-0.05, 0) is 37.8 Å². The number of piperidine rings is 1. The lowest BCUT2D eigenvalue weighted by Crippen LogP contribution is -3.13. The molecule has 1 N–H and O–H groups in total. The molecule has 1 unspecified atom stereocenters. The summed E-state index contributed by atoms with van der Waals surface area (Å²) < 4.78 is 5.70. The van der Waals surface area contributed by atoms with Crippen molar-refractivity contribution in [2.24, 2.45) is 5.92 Å². The van der Waals surface area contributed by atoms with E-state index in [4.69, 9.17) is 4.74 Å². The van der Waals surface area contributed by atoms with E-state index in [1.54, 1.807) is 11.0 Å². The number of para-hydroxylation sites is 1. The fourth-order valence-corrected chi connectivity index (χ4v) is 2.99. The number of carbonyl (C=O) groups excluding carboxylic acids is 1. The number of unbranched alkanes of at least 4 members (excludes halogenated alkanes) is 1. The van der Waals surface area contributed by atoms with Gasteiger partial charge in [0.15, 0.2) is 6.29 Å². The lowest BCUT2D eigenvalue weighted by molar-refractivity contribution is -0.908. The van der Waals surface area contributed by atoms with Gasteiger partial charge in [0.1, 0.15) is 5.75 Å². The van der Waals surface area contributed by atoms with Gasteiger partial charge in [-0.1, -0.05) is 19.1 Å². The quantitative estimate of drug-likeness (QED) is 0.610. The van der Waals surface area contributed by atoms with Crippen LogP contribution in [0.25, 0.3) is 0 Å². The summed E-state index contributed by atoms with van der Waals surface area (Å²) in [5, 5.41) is 0. The molecular weight excluding hydrogens is 250 g/mol. The van der Waals surface area contributed by atoms with Gasteiger partial charge in [0, 0.05) is 5.92 Å². The summed E-state index contributed by atoms with van der Waals surface area (Å²) in [5.74, 6) is 1.59. The van der Waals surface area contributed by atoms with Crippen molar-refractivity contribution in [2.45, 2.75) is 32.6 Å². The number of carbonyl (C=O) groups is 1. The molecule has 1 aliphatic heterocycles. The van der Waals surface area contributed by atoms with E-state index in [2.05, 4.69) is 6.92 Å². The van der Waals surface area contributed by atoms with Crippen LogP contribution in [-0.4, -0.2) is 32.5 Å². The molecule has 0 radical (unpaired) electrons. The van der Waals surface area contributed by atoms with Crippen LogP contribution in [0.15, 0.2) is 24.3 Å². The van der Waals surface area contributed by atoms with Crippen LogP contribution in [0.2, 0.25) is 0 Å². The number of rotatable bonds is 7. The highest BCUT2D eigenvalue weighted by Crippen LogP contribution is 2.15. The van der Waals surface area contributed by atoms with Crippen molar-refractivity contribution in [3.8, 4) is 5.75 Å². The molecule has 1 saturated heterocycles. The molecule has 1 aromatic carbocycles. The number of aldehydes is 1. The third-order valence-electron chi connectivity index (χ3n) is 4.09. The minimum atomic E-state index is 0.642. The van der Waals surface area contributed by atoms with Crippen molar-refractivity contribution in [3.05, 3.63) is 29.8 Å². The Kier molecular flexibility index (Phi) is 6.06. The number of quaternary nitrogens is 1. The Morgan fingerprint density at radius 3 is 3.00 bits per heavy atom. The van der Waals surface area contributed by atoms with Gasteiger partial charge in [0.2, 0.25) is 0 Å². The van der Waals surface area contributed by atoms with E-state index in [0.717, 1.165) is 18.6 Å². The predicted molar refractivity (Wildman–Crippen MR) is 80.5 cm³/mol. The molecule has 1 aromatic rings. The maximum Gasteiger partial charge on any atom is 0.153 e. The lowest BCUT2D eigenvalue weighted by atomic mass is 10.0. The standard InChI is InChI=1S/C17H25NO2/c1-15-7-6-11-18(13-15)10-4-5-12-20-17-9-3-2-8-16(17)14-19/h2-3,8-9,14-15H,4-7,10-13H2,1H3/p+1/t15-/m1/s1. The highest BCUT2D eigenvalue weighted by Gasteiger charge is 2.18. The summed E-state index contributed by atoms with van der Waals surface area (Å²) in [6.07, 6.45) is 5.89. The SMILES string of the molecule is C[C@@H]1CCC[NH+](CCCCOc2ccccc2C=O)C1. The number of likely N-dealkylation sites (tertiary alicyclic amines) is 1. The second-order valence-corrected chi connectivity index (χ2v) is 5.91. The zero-order valence-electron chi connectivity index (χ0n) is 12.4. The molecule has 0 aromatic heterocycles. The maximum absolute atomic E-state index is 10.9. The molecule has 110 valence electrons. The van der Waals surface area contributed by atoms with Crippen LogP contribution < -0.4 is 9.64 Å². The second kappa shape index (κ2) is 8.05. The summed E-state index contributed by atoms with van der Waals surface area (Å²) in [6.45, 7) is 6.98. The minimum absolute atomic E-state index is 0.642. The molecule has 3 heteroatoms. The van der Waals surface area contributed by atoms with E-state index in [0.29, 0.717) is 17.9 Å². The van der Waals surface area contributed by atoms with Gasteiger partial charge in [0.25, 0.3) is 0 Å². The van der Waals surface area contributed by atoms with Gasteiger partial charge in [-0.25, -0.2) is 0 Å². The van der Waals surface area contributed by atoms with Gasteiger partial charge in [-0.15, -0.1) is 0 Å². The van der Waals surface area contributed by atoms with Crippen LogP contribution in [0.4, 0.5) is 0 Å². The topological polar surface area (TPSA) is 30.7 Å². The van der Waals surface area contributed by atoms with Crippen LogP contribution in [0.3, 0.4) is 0 Å². The molecule has 1 fully saturated rings. The third kappa shape index (κ3) is 4.64. The number of ether oxygens (including phenoxy) is 1. The molecule has 0 amide bonds. The molecule has 2 atom stereocenters. The number of hydrogen-bond donors (Lipinski definition) is 1. The van der Waals surface area contributed by atoms with Crippen molar-refractivity contribution in [1.29, 1.82) is 0 Å². The predicted octanol–water partition coefficient (Wildman–Crippen LogP) is 1.97. The monoisotopic (exact) mass is 276 g/mol. The van der Waals surface area contributed by atoms with Crippen molar-refractivity contribution >= 4 is 6.29 Å². The van der Waals surface area contributed by atoms with Gasteiger partial charge < -0.3 is 9.64 Å². The summed E-state index contributed by atoms with van der Waals surface area (Å²) >= 11 is 0. The van der Waals surface area contributed by atoms with Crippen molar-refractivity contribution < 1.29 is 14.4 Å². The average Bonchev–Trinajstić information content (AvgIpc) is 2.47. The summed E-state index contributed by atoms with van der Waals surface area (Å²) in [7, 11) is 0. The molecule has 2 rings (SSSR count). The van der Waals surface area contributed by atoms with Crippen LogP contribution in [0.5, 0.6) is 5.75 Å². The van der Waals surface area contributed by atoms with Gasteiger partial charge >= 0.3 is 0 Å². The smallest absolute Gasteiger partial charge is 0.153 e. The first-order valence-electron chi connectivity index (χ1n) is 7.80. The van der Waals surface area contributed by atoms with Crippen molar-refractivity contribution in [3.63, 3.8) is 0 Å². The molecular formula is C17H26NO2+. The molecule has 3 nitrogen and oxygen atoms in total. The summed E-state index contributed by atoms with van der Waals surface area (Å²) in [5.41, 5.74) is 0.642. The minimum Gasteiger partial charge on any atom is -0.493 e. The number of benzene rings is 1. The van der Waals surface area contributed by atoms with E-state index < -0.39 is 0 Å². The Bertz CT molecular complexity index is 419. The van der Waals surface area contributed by atoms with E-state index in [1.165, 1.54) is 38.9 Å². The van der Waals surface area contributed by atoms with E-state index in [9.17, 15) is 4.79 Å². The van der Waals surface area contributed by atoms with Gasteiger partial charge in [0.05, 0.1) is 31.8 Å². The zero-order valence-corrected chi connectivity index (χ0v) is 12.4. The summed E-state index contributed by atoms with van der Waals surface area (Å²) in [4.78, 5) is 12.6. The summed E-state index contributed by atoms with van der Waals surface area (Å²) in [6, 6.07) is 7.42. The van der Waals surface area contributed by atoms with Crippen LogP contribution in [0.1, 0.15) is 43.0 Å². The second-order valence-electron chi connectivity index (χ2n) is 5.91. The first-order valence-corrected chi connectivity index (χ1v) is 7.80. The Hall–Kier alpha value is -1.35.